The Kier molecular flexibility index (Phi) is 4.63. The molecule has 0 spiro atoms. The van der Waals surface area contributed by atoms with Gasteiger partial charge in [0.2, 0.25) is 0 Å². The van der Waals surface area contributed by atoms with Crippen LogP contribution in [-0.2, 0) is 9.53 Å². The molecule has 6 heteroatoms. The summed E-state index contributed by atoms with van der Waals surface area (Å²) in [7, 11) is 1.38. The Bertz CT molecular complexity index is 467. The lowest BCUT2D eigenvalue weighted by Crippen LogP contribution is -2.36. The zero-order valence-corrected chi connectivity index (χ0v) is 11.7. The molecule has 1 fully saturated rings. The maximum atomic E-state index is 11.5. The van der Waals surface area contributed by atoms with Gasteiger partial charge in [0.25, 0.3) is 0 Å². The van der Waals surface area contributed by atoms with Crippen molar-refractivity contribution in [3.05, 3.63) is 28.8 Å². The number of hydrogen-bond donors (Lipinski definition) is 2. The van der Waals surface area contributed by atoms with Crippen LogP contribution in [0.1, 0.15) is 24.9 Å². The lowest BCUT2D eigenvalue weighted by Gasteiger charge is -2.15. The van der Waals surface area contributed by atoms with E-state index in [1.54, 1.807) is 6.07 Å². The highest BCUT2D eigenvalue weighted by Gasteiger charge is 2.32. The molecule has 0 bridgehead atoms. The zero-order chi connectivity index (χ0) is 13.8. The molecule has 2 unspecified atom stereocenters. The largest absolute Gasteiger partial charge is 0.494 e. The van der Waals surface area contributed by atoms with Gasteiger partial charge in [-0.25, -0.2) is 10.9 Å². The van der Waals surface area contributed by atoms with Crippen LogP contribution in [0.25, 0.3) is 0 Å². The molecule has 5 nitrogen and oxygen atoms in total. The SMILES string of the molecule is CCOc1ccc(Cl)cc1C1CC(C(=O)OC)NN1. The molecule has 1 saturated heterocycles. The highest BCUT2D eigenvalue weighted by atomic mass is 35.5. The molecule has 2 N–H and O–H groups in total. The third-order valence-corrected chi connectivity index (χ3v) is 3.27. The Hall–Kier alpha value is -1.30. The van der Waals surface area contributed by atoms with Gasteiger partial charge in [0.1, 0.15) is 11.8 Å². The van der Waals surface area contributed by atoms with Gasteiger partial charge in [0.05, 0.1) is 19.8 Å². The van der Waals surface area contributed by atoms with E-state index in [4.69, 9.17) is 21.1 Å². The fraction of sp³-hybridized carbons (Fsp3) is 0.462. The van der Waals surface area contributed by atoms with Crippen LogP contribution in [0.5, 0.6) is 5.75 Å². The molecule has 0 aliphatic carbocycles. The van der Waals surface area contributed by atoms with E-state index in [1.807, 2.05) is 19.1 Å². The number of nitrogens with one attached hydrogen (secondary N) is 2. The van der Waals surface area contributed by atoms with Gasteiger partial charge in [-0.2, -0.15) is 0 Å². The van der Waals surface area contributed by atoms with Crippen molar-refractivity contribution >= 4 is 17.6 Å². The smallest absolute Gasteiger partial charge is 0.324 e. The summed E-state index contributed by atoms with van der Waals surface area (Å²) in [5, 5.41) is 0.641. The lowest BCUT2D eigenvalue weighted by atomic mass is 10.0. The predicted molar refractivity (Wildman–Crippen MR) is 72.1 cm³/mol. The number of ether oxygens (including phenoxy) is 2. The van der Waals surface area contributed by atoms with Crippen LogP contribution < -0.4 is 15.6 Å². The Morgan fingerprint density at radius 2 is 2.26 bits per heavy atom. The van der Waals surface area contributed by atoms with Gasteiger partial charge < -0.3 is 9.47 Å². The number of halogens is 1. The minimum absolute atomic E-state index is 0.0376. The van der Waals surface area contributed by atoms with E-state index in [0.717, 1.165) is 11.3 Å². The maximum absolute atomic E-state index is 11.5. The molecular weight excluding hydrogens is 268 g/mol. The number of methoxy groups -OCH3 is 1. The monoisotopic (exact) mass is 284 g/mol. The summed E-state index contributed by atoms with van der Waals surface area (Å²) in [5.41, 5.74) is 6.93. The summed E-state index contributed by atoms with van der Waals surface area (Å²) < 4.78 is 10.3. The van der Waals surface area contributed by atoms with Crippen LogP contribution in [0.4, 0.5) is 0 Å². The first-order valence-corrected chi connectivity index (χ1v) is 6.54. The first-order chi connectivity index (χ1) is 9.15. The van der Waals surface area contributed by atoms with Gasteiger partial charge >= 0.3 is 5.97 Å². The van der Waals surface area contributed by atoms with Crippen LogP contribution in [0.2, 0.25) is 5.02 Å². The molecule has 1 heterocycles. The van der Waals surface area contributed by atoms with Gasteiger partial charge in [0, 0.05) is 10.6 Å². The van der Waals surface area contributed by atoms with Crippen molar-refractivity contribution in [3.63, 3.8) is 0 Å². The fourth-order valence-corrected chi connectivity index (χ4v) is 2.32. The summed E-state index contributed by atoms with van der Waals surface area (Å²) in [6.45, 7) is 2.51. The van der Waals surface area contributed by atoms with Crippen molar-refractivity contribution in [1.82, 2.24) is 10.9 Å². The first kappa shape index (κ1) is 14.1. The standard InChI is InChI=1S/C13H17ClN2O3/c1-3-19-12-5-4-8(14)6-9(12)10-7-11(16-15-10)13(17)18-2/h4-6,10-11,15-16H,3,7H2,1-2H3. The molecule has 0 radical (unpaired) electrons. The number of rotatable bonds is 4. The van der Waals surface area contributed by atoms with Crippen LogP contribution in [0, 0.1) is 0 Å². The molecule has 104 valence electrons. The van der Waals surface area contributed by atoms with Crippen LogP contribution >= 0.6 is 11.6 Å². The van der Waals surface area contributed by atoms with Gasteiger partial charge in [-0.3, -0.25) is 4.79 Å². The van der Waals surface area contributed by atoms with E-state index in [9.17, 15) is 4.79 Å². The van der Waals surface area contributed by atoms with E-state index >= 15 is 0 Å². The van der Waals surface area contributed by atoms with E-state index < -0.39 is 0 Å². The molecular formula is C13H17ClN2O3. The topological polar surface area (TPSA) is 59.6 Å². The minimum atomic E-state index is -0.358. The predicted octanol–water partition coefficient (Wildman–Crippen LogP) is 1.82. The summed E-state index contributed by atoms with van der Waals surface area (Å²) in [4.78, 5) is 11.5. The van der Waals surface area contributed by atoms with E-state index in [0.29, 0.717) is 18.1 Å². The maximum Gasteiger partial charge on any atom is 0.324 e. The third-order valence-electron chi connectivity index (χ3n) is 3.04. The third kappa shape index (κ3) is 3.18. The molecule has 0 aromatic heterocycles. The molecule has 0 amide bonds. The zero-order valence-electron chi connectivity index (χ0n) is 10.9. The van der Waals surface area contributed by atoms with Gasteiger partial charge in [-0.15, -0.1) is 0 Å². The molecule has 1 aromatic carbocycles. The van der Waals surface area contributed by atoms with Crippen molar-refractivity contribution in [2.24, 2.45) is 0 Å². The van der Waals surface area contributed by atoms with E-state index in [1.165, 1.54) is 7.11 Å². The van der Waals surface area contributed by atoms with E-state index in [2.05, 4.69) is 10.9 Å². The Morgan fingerprint density at radius 1 is 1.47 bits per heavy atom. The number of esters is 1. The molecule has 2 atom stereocenters. The second-order valence-corrected chi connectivity index (χ2v) is 4.70. The Labute approximate surface area is 117 Å². The number of carbonyl (C=O) groups is 1. The summed E-state index contributed by atoms with van der Waals surface area (Å²) in [5.74, 6) is 0.492. The van der Waals surface area contributed by atoms with Crippen molar-refractivity contribution in [3.8, 4) is 5.75 Å². The minimum Gasteiger partial charge on any atom is -0.494 e. The number of benzene rings is 1. The highest BCUT2D eigenvalue weighted by molar-refractivity contribution is 6.30. The average molecular weight is 285 g/mol. The van der Waals surface area contributed by atoms with E-state index in [-0.39, 0.29) is 18.1 Å². The Balaban J connectivity index is 2.18. The summed E-state index contributed by atoms with van der Waals surface area (Å²) >= 11 is 6.03. The number of hydrazine groups is 1. The quantitative estimate of drug-likeness (QED) is 0.826. The van der Waals surface area contributed by atoms with Gasteiger partial charge in [-0.05, 0) is 31.5 Å². The van der Waals surface area contributed by atoms with Crippen molar-refractivity contribution in [2.75, 3.05) is 13.7 Å². The molecule has 19 heavy (non-hydrogen) atoms. The molecule has 1 aromatic rings. The normalized spacial score (nSPS) is 22.3. The Morgan fingerprint density at radius 3 is 2.95 bits per heavy atom. The highest BCUT2D eigenvalue weighted by Crippen LogP contribution is 2.32. The first-order valence-electron chi connectivity index (χ1n) is 6.16. The van der Waals surface area contributed by atoms with Gasteiger partial charge in [-0.1, -0.05) is 11.6 Å². The summed E-state index contributed by atoms with van der Waals surface area (Å²) in [6, 6.07) is 5.09. The second kappa shape index (κ2) is 6.23. The molecule has 1 aliphatic heterocycles. The number of hydrogen-bond acceptors (Lipinski definition) is 5. The van der Waals surface area contributed by atoms with Crippen LogP contribution in [-0.4, -0.2) is 25.7 Å². The molecule has 0 saturated carbocycles. The van der Waals surface area contributed by atoms with Crippen molar-refractivity contribution in [2.45, 2.75) is 25.4 Å². The van der Waals surface area contributed by atoms with Crippen molar-refractivity contribution < 1.29 is 14.3 Å². The van der Waals surface area contributed by atoms with Crippen LogP contribution in [0.3, 0.4) is 0 Å². The number of carbonyl (C=O) groups excluding carboxylic acids is 1. The lowest BCUT2D eigenvalue weighted by molar-refractivity contribution is -0.142. The van der Waals surface area contributed by atoms with Gasteiger partial charge in [0.15, 0.2) is 0 Å². The van der Waals surface area contributed by atoms with Crippen LogP contribution in [0.15, 0.2) is 18.2 Å². The average Bonchev–Trinajstić information content (AvgIpc) is 2.89. The summed E-state index contributed by atoms with van der Waals surface area (Å²) in [6.07, 6.45) is 0.590. The van der Waals surface area contributed by atoms with Crippen molar-refractivity contribution in [1.29, 1.82) is 0 Å². The second-order valence-electron chi connectivity index (χ2n) is 4.27. The molecule has 1 aliphatic rings. The fourth-order valence-electron chi connectivity index (χ4n) is 2.14. The molecule has 2 rings (SSSR count).